The zero-order valence-corrected chi connectivity index (χ0v) is 13.0. The molecule has 0 bridgehead atoms. The van der Waals surface area contributed by atoms with E-state index < -0.39 is 11.9 Å². The molecule has 23 heavy (non-hydrogen) atoms. The molecule has 0 amide bonds. The first-order valence-corrected chi connectivity index (χ1v) is 7.82. The summed E-state index contributed by atoms with van der Waals surface area (Å²) in [6, 6.07) is 1.99. The fourth-order valence-electron chi connectivity index (χ4n) is 3.12. The van der Waals surface area contributed by atoms with Gasteiger partial charge in [0, 0.05) is 31.7 Å². The van der Waals surface area contributed by atoms with Gasteiger partial charge in [-0.15, -0.1) is 0 Å². The molecule has 1 saturated heterocycles. The number of hydrogen-bond donors (Lipinski definition) is 1. The maximum absolute atomic E-state index is 12.7. The van der Waals surface area contributed by atoms with Crippen molar-refractivity contribution in [1.29, 1.82) is 0 Å². The smallest absolute Gasteiger partial charge is 0.338 e. The number of hydrogen-bond acceptors (Lipinski definition) is 3. The van der Waals surface area contributed by atoms with Gasteiger partial charge in [-0.25, -0.2) is 4.98 Å². The van der Waals surface area contributed by atoms with Gasteiger partial charge in [-0.3, -0.25) is 9.58 Å². The molecule has 0 spiro atoms. The van der Waals surface area contributed by atoms with E-state index in [2.05, 4.69) is 20.0 Å². The van der Waals surface area contributed by atoms with Crippen LogP contribution in [0.25, 0.3) is 0 Å². The van der Waals surface area contributed by atoms with E-state index in [-0.39, 0.29) is 5.92 Å². The van der Waals surface area contributed by atoms with E-state index in [1.165, 1.54) is 0 Å². The van der Waals surface area contributed by atoms with Crippen LogP contribution in [0.4, 0.5) is 13.2 Å². The molecular weight excluding hydrogens is 307 g/mol. The van der Waals surface area contributed by atoms with Crippen molar-refractivity contribution in [2.75, 3.05) is 13.1 Å². The zero-order valence-electron chi connectivity index (χ0n) is 13.0. The number of halogens is 3. The van der Waals surface area contributed by atoms with Gasteiger partial charge in [0.2, 0.25) is 0 Å². The first-order chi connectivity index (χ1) is 11.0. The van der Waals surface area contributed by atoms with Gasteiger partial charge in [0.05, 0.1) is 11.9 Å². The van der Waals surface area contributed by atoms with Gasteiger partial charge in [-0.1, -0.05) is 0 Å². The summed E-state index contributed by atoms with van der Waals surface area (Å²) in [5.74, 6) is 0.448. The Balaban J connectivity index is 1.67. The number of alkyl halides is 3. The van der Waals surface area contributed by atoms with Crippen molar-refractivity contribution in [1.82, 2.24) is 24.6 Å². The first-order valence-electron chi connectivity index (χ1n) is 7.82. The molecule has 0 radical (unpaired) electrons. The van der Waals surface area contributed by atoms with E-state index in [4.69, 9.17) is 0 Å². The third kappa shape index (κ3) is 3.57. The molecule has 3 heterocycles. The standard InChI is InChI=1S/C15H20F3N5/c1-2-23-12(5-6-20-23)10-22-7-3-4-11(9-22)14-19-8-13(21-14)15(16,17)18/h5-6,8,11H,2-4,7,9-10H2,1H3,(H,19,21). The van der Waals surface area contributed by atoms with Crippen LogP contribution in [-0.2, 0) is 19.3 Å². The van der Waals surface area contributed by atoms with Gasteiger partial charge in [0.25, 0.3) is 0 Å². The molecule has 2 aromatic heterocycles. The van der Waals surface area contributed by atoms with E-state index >= 15 is 0 Å². The predicted octanol–water partition coefficient (Wildman–Crippen LogP) is 3.02. The van der Waals surface area contributed by atoms with Crippen LogP contribution < -0.4 is 0 Å². The quantitative estimate of drug-likeness (QED) is 0.939. The zero-order chi connectivity index (χ0) is 16.4. The van der Waals surface area contributed by atoms with Crippen molar-refractivity contribution >= 4 is 0 Å². The lowest BCUT2D eigenvalue weighted by atomic mass is 9.97. The highest BCUT2D eigenvalue weighted by Gasteiger charge is 2.34. The molecule has 1 fully saturated rings. The summed E-state index contributed by atoms with van der Waals surface area (Å²) in [5, 5.41) is 4.25. The fourth-order valence-corrected chi connectivity index (χ4v) is 3.12. The lowest BCUT2D eigenvalue weighted by Crippen LogP contribution is -2.35. The maximum Gasteiger partial charge on any atom is 0.432 e. The lowest BCUT2D eigenvalue weighted by molar-refractivity contribution is -0.141. The van der Waals surface area contributed by atoms with Crippen LogP contribution in [0.1, 0.15) is 42.9 Å². The molecule has 1 N–H and O–H groups in total. The summed E-state index contributed by atoms with van der Waals surface area (Å²) in [6.45, 7) is 5.26. The second kappa shape index (κ2) is 6.35. The normalized spacial score (nSPS) is 20.1. The Morgan fingerprint density at radius 2 is 2.22 bits per heavy atom. The Morgan fingerprint density at radius 3 is 2.91 bits per heavy atom. The lowest BCUT2D eigenvalue weighted by Gasteiger charge is -2.31. The summed E-state index contributed by atoms with van der Waals surface area (Å²) in [6.07, 6.45) is 0.109. The number of aryl methyl sites for hydroxylation is 1. The number of likely N-dealkylation sites (tertiary alicyclic amines) is 1. The van der Waals surface area contributed by atoms with Crippen LogP contribution in [0.3, 0.4) is 0 Å². The third-order valence-corrected chi connectivity index (χ3v) is 4.28. The molecule has 126 valence electrons. The number of rotatable bonds is 4. The SMILES string of the molecule is CCn1nccc1CN1CCCC(c2ncc(C(F)(F)F)[nH]2)C1. The second-order valence-electron chi connectivity index (χ2n) is 5.89. The van der Waals surface area contributed by atoms with Gasteiger partial charge < -0.3 is 4.98 Å². The highest BCUT2D eigenvalue weighted by Crippen LogP contribution is 2.31. The van der Waals surface area contributed by atoms with E-state index in [9.17, 15) is 13.2 Å². The van der Waals surface area contributed by atoms with Gasteiger partial charge >= 0.3 is 6.18 Å². The monoisotopic (exact) mass is 327 g/mol. The molecular formula is C15H20F3N5. The second-order valence-corrected chi connectivity index (χ2v) is 5.89. The average Bonchev–Trinajstić information content (AvgIpc) is 3.16. The van der Waals surface area contributed by atoms with Crippen LogP contribution in [0.15, 0.2) is 18.5 Å². The minimum atomic E-state index is -4.37. The Morgan fingerprint density at radius 1 is 1.39 bits per heavy atom. The molecule has 0 aliphatic carbocycles. The van der Waals surface area contributed by atoms with Crippen molar-refractivity contribution in [2.45, 2.75) is 44.9 Å². The number of aromatic nitrogens is 4. The Kier molecular flexibility index (Phi) is 4.43. The van der Waals surface area contributed by atoms with Gasteiger partial charge in [0.15, 0.2) is 0 Å². The summed E-state index contributed by atoms with van der Waals surface area (Å²) >= 11 is 0. The third-order valence-electron chi connectivity index (χ3n) is 4.28. The minimum absolute atomic E-state index is 0.0119. The largest absolute Gasteiger partial charge is 0.432 e. The van der Waals surface area contributed by atoms with E-state index in [0.717, 1.165) is 44.4 Å². The number of piperidine rings is 1. The minimum Gasteiger partial charge on any atom is -0.338 e. The van der Waals surface area contributed by atoms with Gasteiger partial charge in [-0.2, -0.15) is 18.3 Å². The highest BCUT2D eigenvalue weighted by molar-refractivity contribution is 5.10. The first kappa shape index (κ1) is 16.0. The van der Waals surface area contributed by atoms with Crippen molar-refractivity contribution in [3.05, 3.63) is 35.7 Å². The molecule has 2 aromatic rings. The predicted molar refractivity (Wildman–Crippen MR) is 78.7 cm³/mol. The molecule has 1 atom stereocenters. The number of nitrogens with one attached hydrogen (secondary N) is 1. The number of aromatic amines is 1. The van der Waals surface area contributed by atoms with Crippen LogP contribution in [-0.4, -0.2) is 37.7 Å². The molecule has 5 nitrogen and oxygen atoms in total. The fraction of sp³-hybridized carbons (Fsp3) is 0.600. The molecule has 0 saturated carbocycles. The summed E-state index contributed by atoms with van der Waals surface area (Å²) in [4.78, 5) is 8.65. The van der Waals surface area contributed by atoms with Gasteiger partial charge in [0.1, 0.15) is 11.5 Å². The maximum atomic E-state index is 12.7. The molecule has 0 aromatic carbocycles. The van der Waals surface area contributed by atoms with Crippen molar-refractivity contribution < 1.29 is 13.2 Å². The Hall–Kier alpha value is -1.83. The molecule has 1 aliphatic rings. The molecule has 8 heteroatoms. The van der Waals surface area contributed by atoms with Crippen LogP contribution in [0.2, 0.25) is 0 Å². The summed E-state index contributed by atoms with van der Waals surface area (Å²) < 4.78 is 40.0. The highest BCUT2D eigenvalue weighted by atomic mass is 19.4. The van der Waals surface area contributed by atoms with E-state index in [1.54, 1.807) is 6.20 Å². The molecule has 3 rings (SSSR count). The summed E-state index contributed by atoms with van der Waals surface area (Å²) in [7, 11) is 0. The Labute approximate surface area is 132 Å². The van der Waals surface area contributed by atoms with Crippen molar-refractivity contribution in [3.63, 3.8) is 0 Å². The van der Waals surface area contributed by atoms with Crippen LogP contribution in [0.5, 0.6) is 0 Å². The van der Waals surface area contributed by atoms with E-state index in [0.29, 0.717) is 12.4 Å². The van der Waals surface area contributed by atoms with Gasteiger partial charge in [-0.05, 0) is 32.4 Å². The van der Waals surface area contributed by atoms with Crippen LogP contribution in [0, 0.1) is 0 Å². The van der Waals surface area contributed by atoms with E-state index in [1.807, 2.05) is 17.7 Å². The number of nitrogens with zero attached hydrogens (tertiary/aromatic N) is 4. The summed E-state index contributed by atoms with van der Waals surface area (Å²) in [5.41, 5.74) is 0.359. The number of imidazole rings is 1. The van der Waals surface area contributed by atoms with Crippen molar-refractivity contribution in [2.24, 2.45) is 0 Å². The molecule has 1 unspecified atom stereocenters. The average molecular weight is 327 g/mol. The topological polar surface area (TPSA) is 49.7 Å². The number of H-pyrrole nitrogens is 1. The van der Waals surface area contributed by atoms with Crippen molar-refractivity contribution in [3.8, 4) is 0 Å². The Bertz CT molecular complexity index is 646. The molecule has 1 aliphatic heterocycles. The van der Waals surface area contributed by atoms with Crippen LogP contribution >= 0.6 is 0 Å².